The monoisotopic (exact) mass is 358 g/mol. The van der Waals surface area contributed by atoms with E-state index < -0.39 is 0 Å². The lowest BCUT2D eigenvalue weighted by molar-refractivity contribution is -0.126. The maximum Gasteiger partial charge on any atom is 0.264 e. The van der Waals surface area contributed by atoms with Gasteiger partial charge >= 0.3 is 0 Å². The summed E-state index contributed by atoms with van der Waals surface area (Å²) < 4.78 is 5.58. The van der Waals surface area contributed by atoms with Crippen LogP contribution >= 0.6 is 11.3 Å². The number of carbonyl (C=O) groups is 2. The average molecular weight is 358 g/mol. The molecule has 6 heteroatoms. The minimum absolute atomic E-state index is 0.0459. The average Bonchev–Trinajstić information content (AvgIpc) is 3.20. The SMILES string of the molecule is O=C(NCCOc1ccccc1)[C@H]1CCCCN1C(=O)c1cccs1. The molecule has 1 N–H and O–H groups in total. The van der Waals surface area contributed by atoms with Crippen molar-refractivity contribution in [1.29, 1.82) is 0 Å². The van der Waals surface area contributed by atoms with Gasteiger partial charge in [-0.25, -0.2) is 0 Å². The summed E-state index contributed by atoms with van der Waals surface area (Å²) in [6.45, 7) is 1.46. The summed E-state index contributed by atoms with van der Waals surface area (Å²) in [5.74, 6) is 0.639. The molecule has 0 spiro atoms. The predicted octanol–water partition coefficient (Wildman–Crippen LogP) is 2.94. The molecule has 1 aliphatic heterocycles. The van der Waals surface area contributed by atoms with E-state index in [2.05, 4.69) is 5.32 Å². The molecule has 1 aromatic carbocycles. The molecule has 0 radical (unpaired) electrons. The van der Waals surface area contributed by atoms with Gasteiger partial charge in [0.2, 0.25) is 5.91 Å². The molecule has 25 heavy (non-hydrogen) atoms. The van der Waals surface area contributed by atoms with Gasteiger partial charge in [0.15, 0.2) is 0 Å². The Kier molecular flexibility index (Phi) is 6.06. The molecule has 2 aromatic rings. The maximum atomic E-state index is 12.6. The zero-order valence-electron chi connectivity index (χ0n) is 14.0. The van der Waals surface area contributed by atoms with Crippen molar-refractivity contribution in [3.8, 4) is 5.75 Å². The first-order chi connectivity index (χ1) is 12.3. The molecule has 0 saturated carbocycles. The Bertz CT molecular complexity index is 688. The molecule has 3 rings (SSSR count). The zero-order valence-corrected chi connectivity index (χ0v) is 14.8. The smallest absolute Gasteiger partial charge is 0.264 e. The molecule has 1 aromatic heterocycles. The summed E-state index contributed by atoms with van der Waals surface area (Å²) in [6, 6.07) is 12.8. The van der Waals surface area contributed by atoms with Gasteiger partial charge in [-0.3, -0.25) is 9.59 Å². The van der Waals surface area contributed by atoms with Crippen molar-refractivity contribution < 1.29 is 14.3 Å². The third-order valence-electron chi connectivity index (χ3n) is 4.21. The van der Waals surface area contributed by atoms with Gasteiger partial charge in [-0.15, -0.1) is 11.3 Å². The minimum Gasteiger partial charge on any atom is -0.492 e. The molecule has 1 fully saturated rings. The standard InChI is InChI=1S/C19H22N2O3S/c22-18(20-11-13-24-15-7-2-1-3-8-15)16-9-4-5-12-21(16)19(23)17-10-6-14-25-17/h1-3,6-8,10,14,16H,4-5,9,11-13H2,(H,20,22)/t16-/m1/s1. The number of thiophene rings is 1. The number of nitrogens with one attached hydrogen (secondary N) is 1. The van der Waals surface area contributed by atoms with Crippen LogP contribution in [0.1, 0.15) is 28.9 Å². The number of nitrogens with zero attached hydrogens (tertiary/aromatic N) is 1. The van der Waals surface area contributed by atoms with E-state index in [0.717, 1.165) is 18.6 Å². The largest absolute Gasteiger partial charge is 0.492 e. The first-order valence-electron chi connectivity index (χ1n) is 8.56. The fourth-order valence-electron chi connectivity index (χ4n) is 2.97. The van der Waals surface area contributed by atoms with Crippen molar-refractivity contribution in [2.24, 2.45) is 0 Å². The highest BCUT2D eigenvalue weighted by molar-refractivity contribution is 7.12. The van der Waals surface area contributed by atoms with E-state index in [1.54, 1.807) is 4.90 Å². The first-order valence-corrected chi connectivity index (χ1v) is 9.44. The second kappa shape index (κ2) is 8.67. The highest BCUT2D eigenvalue weighted by Crippen LogP contribution is 2.21. The lowest BCUT2D eigenvalue weighted by Crippen LogP contribution is -2.52. The number of piperidine rings is 1. The van der Waals surface area contributed by atoms with Gasteiger partial charge in [-0.1, -0.05) is 24.3 Å². The molecule has 2 heterocycles. The number of benzene rings is 1. The van der Waals surface area contributed by atoms with E-state index >= 15 is 0 Å². The summed E-state index contributed by atoms with van der Waals surface area (Å²) in [4.78, 5) is 27.6. The van der Waals surface area contributed by atoms with E-state index in [4.69, 9.17) is 4.74 Å². The first kappa shape index (κ1) is 17.5. The van der Waals surface area contributed by atoms with E-state index in [0.29, 0.717) is 31.0 Å². The predicted molar refractivity (Wildman–Crippen MR) is 97.9 cm³/mol. The molecular weight excluding hydrogens is 336 g/mol. The number of rotatable bonds is 6. The fraction of sp³-hybridized carbons (Fsp3) is 0.368. The summed E-state index contributed by atoms with van der Waals surface area (Å²) in [7, 11) is 0. The molecular formula is C19H22N2O3S. The van der Waals surface area contributed by atoms with Gasteiger partial charge in [0.1, 0.15) is 18.4 Å². The molecule has 2 amide bonds. The molecule has 1 saturated heterocycles. The lowest BCUT2D eigenvalue weighted by atomic mass is 10.0. The van der Waals surface area contributed by atoms with Crippen LogP contribution < -0.4 is 10.1 Å². The quantitative estimate of drug-likeness (QED) is 0.808. The molecule has 0 bridgehead atoms. The molecule has 132 valence electrons. The summed E-state index contributed by atoms with van der Waals surface area (Å²) >= 11 is 1.41. The van der Waals surface area contributed by atoms with Crippen LogP contribution in [-0.4, -0.2) is 42.5 Å². The van der Waals surface area contributed by atoms with Crippen LogP contribution in [0.3, 0.4) is 0 Å². The number of para-hydroxylation sites is 1. The zero-order chi connectivity index (χ0) is 17.5. The Morgan fingerprint density at radius 1 is 1.16 bits per heavy atom. The molecule has 1 atom stereocenters. The fourth-order valence-corrected chi connectivity index (χ4v) is 3.65. The van der Waals surface area contributed by atoms with Crippen LogP contribution in [0.4, 0.5) is 0 Å². The second-order valence-corrected chi connectivity index (χ2v) is 6.89. The number of likely N-dealkylation sites (tertiary alicyclic amines) is 1. The topological polar surface area (TPSA) is 58.6 Å². The van der Waals surface area contributed by atoms with Gasteiger partial charge in [0.25, 0.3) is 5.91 Å². The molecule has 0 aliphatic carbocycles. The van der Waals surface area contributed by atoms with Gasteiger partial charge in [0, 0.05) is 6.54 Å². The minimum atomic E-state index is -0.389. The maximum absolute atomic E-state index is 12.6. The van der Waals surface area contributed by atoms with Crippen molar-refractivity contribution in [2.75, 3.05) is 19.7 Å². The van der Waals surface area contributed by atoms with Crippen LogP contribution in [0.2, 0.25) is 0 Å². The van der Waals surface area contributed by atoms with Crippen molar-refractivity contribution >= 4 is 23.2 Å². The normalized spacial score (nSPS) is 17.1. The van der Waals surface area contributed by atoms with Crippen LogP contribution in [0.5, 0.6) is 5.75 Å². The van der Waals surface area contributed by atoms with Gasteiger partial charge in [-0.05, 0) is 42.8 Å². The Morgan fingerprint density at radius 3 is 2.76 bits per heavy atom. The number of hydrogen-bond acceptors (Lipinski definition) is 4. The molecule has 1 aliphatic rings. The molecule has 0 unspecified atom stereocenters. The Morgan fingerprint density at radius 2 is 2.00 bits per heavy atom. The molecule has 5 nitrogen and oxygen atoms in total. The van der Waals surface area contributed by atoms with E-state index in [9.17, 15) is 9.59 Å². The third-order valence-corrected chi connectivity index (χ3v) is 5.07. The highest BCUT2D eigenvalue weighted by atomic mass is 32.1. The van der Waals surface area contributed by atoms with Crippen molar-refractivity contribution in [3.05, 3.63) is 52.7 Å². The summed E-state index contributed by atoms with van der Waals surface area (Å²) in [6.07, 6.45) is 2.62. The number of amides is 2. The highest BCUT2D eigenvalue weighted by Gasteiger charge is 2.32. The second-order valence-electron chi connectivity index (χ2n) is 5.94. The number of hydrogen-bond donors (Lipinski definition) is 1. The summed E-state index contributed by atoms with van der Waals surface area (Å²) in [5.41, 5.74) is 0. The number of carbonyl (C=O) groups excluding carboxylic acids is 2. The Balaban J connectivity index is 1.51. The van der Waals surface area contributed by atoms with Crippen LogP contribution in [-0.2, 0) is 4.79 Å². The number of ether oxygens (including phenoxy) is 1. The van der Waals surface area contributed by atoms with Crippen molar-refractivity contribution in [1.82, 2.24) is 10.2 Å². The lowest BCUT2D eigenvalue weighted by Gasteiger charge is -2.34. The van der Waals surface area contributed by atoms with E-state index in [-0.39, 0.29) is 17.9 Å². The summed E-state index contributed by atoms with van der Waals surface area (Å²) in [5, 5.41) is 4.78. The van der Waals surface area contributed by atoms with Gasteiger partial charge < -0.3 is 15.0 Å². The van der Waals surface area contributed by atoms with Crippen LogP contribution in [0.15, 0.2) is 47.8 Å². The Labute approximate surface area is 151 Å². The third kappa shape index (κ3) is 4.60. The van der Waals surface area contributed by atoms with Crippen LogP contribution in [0, 0.1) is 0 Å². The van der Waals surface area contributed by atoms with Crippen molar-refractivity contribution in [2.45, 2.75) is 25.3 Å². The van der Waals surface area contributed by atoms with E-state index in [1.165, 1.54) is 11.3 Å². The van der Waals surface area contributed by atoms with Gasteiger partial charge in [0.05, 0.1) is 11.4 Å². The van der Waals surface area contributed by atoms with Crippen LogP contribution in [0.25, 0.3) is 0 Å². The van der Waals surface area contributed by atoms with Gasteiger partial charge in [-0.2, -0.15) is 0 Å². The van der Waals surface area contributed by atoms with Crippen molar-refractivity contribution in [3.63, 3.8) is 0 Å². The van der Waals surface area contributed by atoms with E-state index in [1.807, 2.05) is 47.8 Å². The Hall–Kier alpha value is -2.34.